The molecule has 0 aliphatic heterocycles. The van der Waals surface area contributed by atoms with E-state index in [4.69, 9.17) is 14.3 Å². The summed E-state index contributed by atoms with van der Waals surface area (Å²) >= 11 is 0. The van der Waals surface area contributed by atoms with Crippen LogP contribution in [0.5, 0.6) is 5.75 Å². The molecule has 3 aromatic carbocycles. The molecule has 8 nitrogen and oxygen atoms in total. The van der Waals surface area contributed by atoms with E-state index in [1.807, 2.05) is 73.8 Å². The highest BCUT2D eigenvalue weighted by molar-refractivity contribution is 5.92. The van der Waals surface area contributed by atoms with Crippen molar-refractivity contribution in [3.63, 3.8) is 0 Å². The van der Waals surface area contributed by atoms with Crippen LogP contribution in [0, 0.1) is 10.1 Å². The van der Waals surface area contributed by atoms with Crippen LogP contribution < -0.4 is 4.74 Å². The first-order valence-electron chi connectivity index (χ1n) is 10.7. The van der Waals surface area contributed by atoms with Gasteiger partial charge in [-0.3, -0.25) is 10.1 Å². The van der Waals surface area contributed by atoms with E-state index < -0.39 is 4.92 Å². The average molecular weight is 452 g/mol. The summed E-state index contributed by atoms with van der Waals surface area (Å²) in [6.07, 6.45) is 3.39. The monoisotopic (exact) mass is 452 g/mol. The molecule has 0 radical (unpaired) electrons. The molecule has 0 saturated carbocycles. The van der Waals surface area contributed by atoms with Crippen molar-refractivity contribution in [1.29, 1.82) is 0 Å². The quantitative estimate of drug-likeness (QED) is 0.163. The molecule has 34 heavy (non-hydrogen) atoms. The predicted octanol–water partition coefficient (Wildman–Crippen LogP) is 6.34. The molecule has 0 saturated heterocycles. The summed E-state index contributed by atoms with van der Waals surface area (Å²) in [5.74, 6) is 1.01. The fourth-order valence-corrected chi connectivity index (χ4v) is 3.64. The summed E-state index contributed by atoms with van der Waals surface area (Å²) in [5.41, 5.74) is 2.94. The third-order valence-corrected chi connectivity index (χ3v) is 5.22. The molecule has 0 unspecified atom stereocenters. The Hall–Kier alpha value is -4.72. The van der Waals surface area contributed by atoms with E-state index >= 15 is 0 Å². The first kappa shape index (κ1) is 21.1. The van der Waals surface area contributed by atoms with Crippen molar-refractivity contribution in [3.05, 3.63) is 101 Å². The van der Waals surface area contributed by atoms with Crippen molar-refractivity contribution >= 4 is 28.6 Å². The van der Waals surface area contributed by atoms with Gasteiger partial charge in [0, 0.05) is 23.4 Å². The Bertz CT molecular complexity index is 1470. The maximum atomic E-state index is 11.6. The molecule has 0 N–H and O–H groups in total. The molecular weight excluding hydrogens is 432 g/mol. The summed E-state index contributed by atoms with van der Waals surface area (Å²) in [5, 5.41) is 17.3. The summed E-state index contributed by atoms with van der Waals surface area (Å²) < 4.78 is 13.2. The van der Waals surface area contributed by atoms with Crippen molar-refractivity contribution in [2.75, 3.05) is 6.61 Å². The normalized spacial score (nSPS) is 11.3. The van der Waals surface area contributed by atoms with Crippen LogP contribution >= 0.6 is 0 Å². The van der Waals surface area contributed by atoms with Gasteiger partial charge >= 0.3 is 0 Å². The second kappa shape index (κ2) is 9.03. The second-order valence-electron chi connectivity index (χ2n) is 7.46. The van der Waals surface area contributed by atoms with Crippen LogP contribution in [-0.2, 0) is 0 Å². The first-order chi connectivity index (χ1) is 16.6. The van der Waals surface area contributed by atoms with Crippen molar-refractivity contribution in [2.24, 2.45) is 4.99 Å². The molecule has 168 valence electrons. The van der Waals surface area contributed by atoms with Gasteiger partial charge in [-0.1, -0.05) is 36.4 Å². The standard InChI is InChI=1S/C26H20N4O4/c1-2-33-21-12-13-22(23(15-21)30(31)32)27-16-19-17-29(20-9-4-3-5-10-20)28-26(19)25-14-18-8-6-7-11-24(18)34-25/h3-17H,2H2,1H3. The number of benzene rings is 3. The van der Waals surface area contributed by atoms with Gasteiger partial charge in [-0.05, 0) is 43.3 Å². The number of hydrogen-bond acceptors (Lipinski definition) is 6. The van der Waals surface area contributed by atoms with Crippen LogP contribution in [0.3, 0.4) is 0 Å². The number of nitro benzene ring substituents is 1. The van der Waals surface area contributed by atoms with E-state index in [0.29, 0.717) is 29.4 Å². The Labute approximate surface area is 194 Å². The van der Waals surface area contributed by atoms with Crippen LogP contribution in [0.25, 0.3) is 28.1 Å². The highest BCUT2D eigenvalue weighted by Crippen LogP contribution is 2.33. The largest absolute Gasteiger partial charge is 0.494 e. The van der Waals surface area contributed by atoms with Gasteiger partial charge in [0.2, 0.25) is 0 Å². The Balaban J connectivity index is 1.60. The molecule has 0 fully saturated rings. The zero-order valence-corrected chi connectivity index (χ0v) is 18.3. The van der Waals surface area contributed by atoms with Crippen LogP contribution in [0.2, 0.25) is 0 Å². The van der Waals surface area contributed by atoms with Crippen molar-refractivity contribution in [2.45, 2.75) is 6.92 Å². The van der Waals surface area contributed by atoms with Gasteiger partial charge in [-0.15, -0.1) is 0 Å². The van der Waals surface area contributed by atoms with Crippen molar-refractivity contribution in [3.8, 4) is 22.9 Å². The molecule has 0 aliphatic rings. The molecule has 0 amide bonds. The van der Waals surface area contributed by atoms with E-state index in [2.05, 4.69) is 4.99 Å². The Morgan fingerprint density at radius 3 is 2.65 bits per heavy atom. The van der Waals surface area contributed by atoms with E-state index in [0.717, 1.165) is 16.7 Å². The fraction of sp³-hybridized carbons (Fsp3) is 0.0769. The van der Waals surface area contributed by atoms with Gasteiger partial charge in [0.15, 0.2) is 5.76 Å². The summed E-state index contributed by atoms with van der Waals surface area (Å²) in [6.45, 7) is 2.24. The number of para-hydroxylation sites is 2. The number of aromatic nitrogens is 2. The lowest BCUT2D eigenvalue weighted by Crippen LogP contribution is -1.94. The number of fused-ring (bicyclic) bond motifs is 1. The molecule has 2 heterocycles. The zero-order valence-electron chi connectivity index (χ0n) is 18.3. The summed E-state index contributed by atoms with van der Waals surface area (Å²) in [6, 6.07) is 23.9. The number of hydrogen-bond donors (Lipinski definition) is 0. The molecule has 0 spiro atoms. The minimum absolute atomic E-state index is 0.136. The Morgan fingerprint density at radius 2 is 1.88 bits per heavy atom. The molecule has 2 aromatic heterocycles. The number of ether oxygens (including phenoxy) is 1. The van der Waals surface area contributed by atoms with E-state index in [1.165, 1.54) is 6.07 Å². The maximum absolute atomic E-state index is 11.6. The minimum atomic E-state index is -0.469. The molecule has 5 aromatic rings. The lowest BCUT2D eigenvalue weighted by molar-refractivity contribution is -0.384. The van der Waals surface area contributed by atoms with Crippen LogP contribution in [-0.4, -0.2) is 27.5 Å². The number of nitro groups is 1. The Kier molecular flexibility index (Phi) is 5.61. The van der Waals surface area contributed by atoms with E-state index in [9.17, 15) is 10.1 Å². The smallest absolute Gasteiger partial charge is 0.298 e. The lowest BCUT2D eigenvalue weighted by Gasteiger charge is -2.03. The molecule has 0 atom stereocenters. The van der Waals surface area contributed by atoms with Crippen molar-refractivity contribution in [1.82, 2.24) is 9.78 Å². The van der Waals surface area contributed by atoms with Gasteiger partial charge in [0.1, 0.15) is 22.7 Å². The van der Waals surface area contributed by atoms with Crippen LogP contribution in [0.15, 0.2) is 94.5 Å². The van der Waals surface area contributed by atoms with Crippen LogP contribution in [0.1, 0.15) is 12.5 Å². The summed E-state index contributed by atoms with van der Waals surface area (Å²) in [4.78, 5) is 15.6. The van der Waals surface area contributed by atoms with Gasteiger partial charge in [0.05, 0.1) is 23.3 Å². The number of nitrogens with zero attached hydrogens (tertiary/aromatic N) is 4. The number of rotatable bonds is 7. The van der Waals surface area contributed by atoms with E-state index in [1.54, 1.807) is 23.0 Å². The third kappa shape index (κ3) is 4.16. The molecule has 0 bridgehead atoms. The van der Waals surface area contributed by atoms with Gasteiger partial charge < -0.3 is 9.15 Å². The SMILES string of the molecule is CCOc1ccc(N=Cc2cn(-c3ccccc3)nc2-c2cc3ccccc3o2)c([N+](=O)[O-])c1. The topological polar surface area (TPSA) is 95.7 Å². The molecule has 8 heteroatoms. The fourth-order valence-electron chi connectivity index (χ4n) is 3.64. The first-order valence-corrected chi connectivity index (χ1v) is 10.7. The second-order valence-corrected chi connectivity index (χ2v) is 7.46. The molecular formula is C26H20N4O4. The van der Waals surface area contributed by atoms with E-state index in [-0.39, 0.29) is 11.4 Å². The maximum Gasteiger partial charge on any atom is 0.298 e. The van der Waals surface area contributed by atoms with Crippen LogP contribution in [0.4, 0.5) is 11.4 Å². The third-order valence-electron chi connectivity index (χ3n) is 5.22. The van der Waals surface area contributed by atoms with Gasteiger partial charge in [-0.25, -0.2) is 9.67 Å². The number of aliphatic imine (C=N–C) groups is 1. The zero-order chi connectivity index (χ0) is 23.5. The predicted molar refractivity (Wildman–Crippen MR) is 130 cm³/mol. The Morgan fingerprint density at radius 1 is 1.09 bits per heavy atom. The lowest BCUT2D eigenvalue weighted by atomic mass is 10.2. The highest BCUT2D eigenvalue weighted by atomic mass is 16.6. The average Bonchev–Trinajstić information content (AvgIpc) is 3.48. The van der Waals surface area contributed by atoms with Crippen molar-refractivity contribution < 1.29 is 14.1 Å². The van der Waals surface area contributed by atoms with Gasteiger partial charge in [0.25, 0.3) is 5.69 Å². The number of furan rings is 1. The molecule has 5 rings (SSSR count). The highest BCUT2D eigenvalue weighted by Gasteiger charge is 2.18. The minimum Gasteiger partial charge on any atom is -0.494 e. The summed E-state index contributed by atoms with van der Waals surface area (Å²) in [7, 11) is 0. The molecule has 0 aliphatic carbocycles. The van der Waals surface area contributed by atoms with Gasteiger partial charge in [-0.2, -0.15) is 5.10 Å².